The molecule has 1 saturated heterocycles. The molecular weight excluding hydrogens is 314 g/mol. The number of fused-ring (bicyclic) bond motifs is 2. The first-order valence-electron chi connectivity index (χ1n) is 9.32. The van der Waals surface area contributed by atoms with E-state index in [0.29, 0.717) is 23.8 Å². The number of H-pyrrole nitrogens is 1. The Bertz CT molecular complexity index is 797. The lowest BCUT2D eigenvalue weighted by Crippen LogP contribution is -2.55. The van der Waals surface area contributed by atoms with Crippen LogP contribution in [-0.4, -0.2) is 28.9 Å². The third-order valence-corrected chi connectivity index (χ3v) is 6.00. The molecule has 5 nitrogen and oxygen atoms in total. The number of amides is 2. The summed E-state index contributed by atoms with van der Waals surface area (Å²) in [5.41, 5.74) is 1.67. The topological polar surface area (TPSA) is 74.0 Å². The summed E-state index contributed by atoms with van der Waals surface area (Å²) in [6.45, 7) is 2.17. The third-order valence-electron chi connectivity index (χ3n) is 6.00. The first-order chi connectivity index (χ1) is 12.2. The number of carbonyl (C=O) groups excluding carboxylic acids is 2. The van der Waals surface area contributed by atoms with Gasteiger partial charge in [0.15, 0.2) is 0 Å². The van der Waals surface area contributed by atoms with Gasteiger partial charge in [-0.3, -0.25) is 9.59 Å². The van der Waals surface area contributed by atoms with Crippen molar-refractivity contribution in [1.29, 1.82) is 0 Å². The fourth-order valence-electron chi connectivity index (χ4n) is 4.68. The molecule has 1 saturated carbocycles. The zero-order valence-corrected chi connectivity index (χ0v) is 14.5. The monoisotopic (exact) mass is 339 g/mol. The molecular formula is C20H25N3O2. The van der Waals surface area contributed by atoms with E-state index in [1.165, 1.54) is 0 Å². The van der Waals surface area contributed by atoms with Crippen molar-refractivity contribution in [2.75, 3.05) is 0 Å². The molecule has 0 radical (unpaired) electrons. The molecule has 2 fully saturated rings. The molecule has 4 unspecified atom stereocenters. The number of nitrogens with one attached hydrogen (secondary N) is 3. The number of hydrogen-bond donors (Lipinski definition) is 3. The Balaban J connectivity index is 1.45. The maximum atomic E-state index is 12.7. The van der Waals surface area contributed by atoms with Gasteiger partial charge in [0.2, 0.25) is 5.91 Å². The fraction of sp³-hybridized carbons (Fsp3) is 0.500. The highest BCUT2D eigenvalue weighted by Gasteiger charge is 2.40. The standard InChI is InChI=1S/C20H25N3O2/c1-2-12-9-19(24)23-18-10-13(7-8-14(12)18)22-20(25)16-11-21-17-6-4-3-5-15(16)17/h3-6,11-14,18,21H,2,7-10H2,1H3,(H,22,25)(H,23,24). The molecule has 2 amide bonds. The molecule has 0 bridgehead atoms. The van der Waals surface area contributed by atoms with E-state index in [4.69, 9.17) is 0 Å². The summed E-state index contributed by atoms with van der Waals surface area (Å²) >= 11 is 0. The van der Waals surface area contributed by atoms with Crippen molar-refractivity contribution >= 4 is 22.7 Å². The molecule has 4 rings (SSSR count). The average Bonchev–Trinajstić information content (AvgIpc) is 3.04. The Morgan fingerprint density at radius 2 is 2.12 bits per heavy atom. The van der Waals surface area contributed by atoms with Crippen LogP contribution < -0.4 is 10.6 Å². The maximum Gasteiger partial charge on any atom is 0.253 e. The molecule has 4 atom stereocenters. The van der Waals surface area contributed by atoms with E-state index < -0.39 is 0 Å². The van der Waals surface area contributed by atoms with E-state index in [-0.39, 0.29) is 23.9 Å². The number of hydrogen-bond acceptors (Lipinski definition) is 2. The molecule has 2 heterocycles. The Kier molecular flexibility index (Phi) is 4.24. The normalized spacial score (nSPS) is 29.1. The van der Waals surface area contributed by atoms with Crippen LogP contribution in [0, 0.1) is 11.8 Å². The van der Waals surface area contributed by atoms with Gasteiger partial charge in [0.05, 0.1) is 5.56 Å². The Hall–Kier alpha value is -2.30. The molecule has 0 spiro atoms. The van der Waals surface area contributed by atoms with Crippen molar-refractivity contribution < 1.29 is 9.59 Å². The number of piperidine rings is 1. The van der Waals surface area contributed by atoms with Crippen molar-refractivity contribution in [3.8, 4) is 0 Å². The van der Waals surface area contributed by atoms with Crippen LogP contribution in [0.1, 0.15) is 49.4 Å². The lowest BCUT2D eigenvalue weighted by molar-refractivity contribution is -0.127. The van der Waals surface area contributed by atoms with Crippen LogP contribution in [0.5, 0.6) is 0 Å². The molecule has 1 aromatic carbocycles. The predicted molar refractivity (Wildman–Crippen MR) is 97.2 cm³/mol. The molecule has 25 heavy (non-hydrogen) atoms. The minimum atomic E-state index is -0.0323. The Morgan fingerprint density at radius 1 is 1.28 bits per heavy atom. The van der Waals surface area contributed by atoms with Crippen molar-refractivity contribution in [1.82, 2.24) is 15.6 Å². The molecule has 5 heteroatoms. The molecule has 3 N–H and O–H groups in total. The van der Waals surface area contributed by atoms with Gasteiger partial charge in [-0.2, -0.15) is 0 Å². The van der Waals surface area contributed by atoms with Crippen molar-refractivity contribution in [3.63, 3.8) is 0 Å². The van der Waals surface area contributed by atoms with Gasteiger partial charge in [-0.25, -0.2) is 0 Å². The van der Waals surface area contributed by atoms with Crippen molar-refractivity contribution in [2.45, 2.75) is 51.1 Å². The number of rotatable bonds is 3. The van der Waals surface area contributed by atoms with Crippen LogP contribution in [0.2, 0.25) is 0 Å². The largest absolute Gasteiger partial charge is 0.360 e. The van der Waals surface area contributed by atoms with Crippen LogP contribution in [0.25, 0.3) is 10.9 Å². The van der Waals surface area contributed by atoms with Crippen LogP contribution in [0.3, 0.4) is 0 Å². The fourth-order valence-corrected chi connectivity index (χ4v) is 4.68. The molecule has 132 valence electrons. The van der Waals surface area contributed by atoms with Crippen LogP contribution in [0.15, 0.2) is 30.5 Å². The van der Waals surface area contributed by atoms with Crippen LogP contribution >= 0.6 is 0 Å². The van der Waals surface area contributed by atoms with Gasteiger partial charge in [-0.1, -0.05) is 31.5 Å². The smallest absolute Gasteiger partial charge is 0.253 e. The molecule has 1 aliphatic carbocycles. The minimum absolute atomic E-state index is 0.0323. The second kappa shape index (κ2) is 6.54. The van der Waals surface area contributed by atoms with E-state index >= 15 is 0 Å². The van der Waals surface area contributed by atoms with Gasteiger partial charge < -0.3 is 15.6 Å². The molecule has 1 aromatic heterocycles. The summed E-state index contributed by atoms with van der Waals surface area (Å²) in [7, 11) is 0. The summed E-state index contributed by atoms with van der Waals surface area (Å²) in [5, 5.41) is 7.29. The first kappa shape index (κ1) is 16.2. The lowest BCUT2D eigenvalue weighted by atomic mass is 9.70. The highest BCUT2D eigenvalue weighted by molar-refractivity contribution is 6.06. The molecule has 2 aromatic rings. The number of carbonyl (C=O) groups is 2. The second-order valence-electron chi connectivity index (χ2n) is 7.44. The minimum Gasteiger partial charge on any atom is -0.360 e. The third kappa shape index (κ3) is 3.03. The predicted octanol–water partition coefficient (Wildman–Crippen LogP) is 2.98. The van der Waals surface area contributed by atoms with Gasteiger partial charge in [0, 0.05) is 35.6 Å². The van der Waals surface area contributed by atoms with E-state index in [9.17, 15) is 9.59 Å². The van der Waals surface area contributed by atoms with E-state index in [2.05, 4.69) is 22.5 Å². The van der Waals surface area contributed by atoms with Crippen LogP contribution in [-0.2, 0) is 4.79 Å². The first-order valence-corrected chi connectivity index (χ1v) is 9.32. The summed E-state index contributed by atoms with van der Waals surface area (Å²) in [4.78, 5) is 27.8. The van der Waals surface area contributed by atoms with Gasteiger partial charge in [-0.05, 0) is 37.2 Å². The van der Waals surface area contributed by atoms with Crippen LogP contribution in [0.4, 0.5) is 0 Å². The van der Waals surface area contributed by atoms with Crippen molar-refractivity contribution in [2.24, 2.45) is 11.8 Å². The summed E-state index contributed by atoms with van der Waals surface area (Å²) in [6.07, 6.45) is 6.39. The Morgan fingerprint density at radius 3 is 2.96 bits per heavy atom. The van der Waals surface area contributed by atoms with Gasteiger partial charge in [-0.15, -0.1) is 0 Å². The maximum absolute atomic E-state index is 12.7. The quantitative estimate of drug-likeness (QED) is 0.804. The van der Waals surface area contributed by atoms with Gasteiger partial charge >= 0.3 is 0 Å². The van der Waals surface area contributed by atoms with Gasteiger partial charge in [0.1, 0.15) is 0 Å². The SMILES string of the molecule is CCC1CC(=O)NC2CC(NC(=O)c3c[nH]c4ccccc34)CCC12. The highest BCUT2D eigenvalue weighted by atomic mass is 16.2. The zero-order chi connectivity index (χ0) is 17.4. The van der Waals surface area contributed by atoms with E-state index in [0.717, 1.165) is 36.6 Å². The average molecular weight is 339 g/mol. The molecule has 1 aliphatic heterocycles. The van der Waals surface area contributed by atoms with E-state index in [1.54, 1.807) is 6.20 Å². The van der Waals surface area contributed by atoms with Gasteiger partial charge in [0.25, 0.3) is 5.91 Å². The highest BCUT2D eigenvalue weighted by Crippen LogP contribution is 2.37. The molecule has 2 aliphatic rings. The summed E-state index contributed by atoms with van der Waals surface area (Å²) < 4.78 is 0. The van der Waals surface area contributed by atoms with Crippen molar-refractivity contribution in [3.05, 3.63) is 36.0 Å². The van der Waals surface area contributed by atoms with E-state index in [1.807, 2.05) is 24.3 Å². The second-order valence-corrected chi connectivity index (χ2v) is 7.44. The summed E-state index contributed by atoms with van der Waals surface area (Å²) in [6, 6.07) is 8.16. The Labute approximate surface area is 147 Å². The zero-order valence-electron chi connectivity index (χ0n) is 14.5. The number of aromatic amines is 1. The lowest BCUT2D eigenvalue weighted by Gasteiger charge is -2.44. The number of benzene rings is 1. The summed E-state index contributed by atoms with van der Waals surface area (Å²) in [5.74, 6) is 1.18. The number of para-hydroxylation sites is 1. The number of aromatic nitrogens is 1.